The Kier molecular flexibility index (Phi) is 8.00. The van der Waals surface area contributed by atoms with E-state index in [0.29, 0.717) is 44.0 Å². The summed E-state index contributed by atoms with van der Waals surface area (Å²) < 4.78 is 5.28. The Bertz CT molecular complexity index is 989. The molecule has 0 aliphatic carbocycles. The Morgan fingerprint density at radius 2 is 1.91 bits per heavy atom. The lowest BCUT2D eigenvalue weighted by Gasteiger charge is -2.18. The quantitative estimate of drug-likeness (QED) is 0.588. The highest BCUT2D eigenvalue weighted by Gasteiger charge is 2.35. The lowest BCUT2D eigenvalue weighted by Crippen LogP contribution is -2.30. The van der Waals surface area contributed by atoms with Crippen molar-refractivity contribution < 1.29 is 19.1 Å². The topological polar surface area (TPSA) is 87.7 Å². The fourth-order valence-corrected chi connectivity index (χ4v) is 3.67. The molecule has 0 radical (unpaired) electrons. The Hall–Kier alpha value is -3.19. The van der Waals surface area contributed by atoms with Crippen molar-refractivity contribution in [1.82, 2.24) is 5.32 Å². The molecule has 3 amide bonds. The summed E-state index contributed by atoms with van der Waals surface area (Å²) in [5, 5.41) is 5.71. The second kappa shape index (κ2) is 10.9. The third-order valence-electron chi connectivity index (χ3n) is 5.68. The number of nitrogens with zero attached hydrogens (tertiary/aromatic N) is 1. The minimum Gasteiger partial charge on any atom is -0.382 e. The number of para-hydroxylation sites is 1. The molecule has 32 heavy (non-hydrogen) atoms. The van der Waals surface area contributed by atoms with Crippen molar-refractivity contribution in [1.29, 1.82) is 0 Å². The number of aryl methyl sites for hydroxylation is 2. The molecule has 7 nitrogen and oxygen atoms in total. The molecule has 1 atom stereocenters. The van der Waals surface area contributed by atoms with Crippen molar-refractivity contribution in [2.75, 3.05) is 36.5 Å². The van der Waals surface area contributed by atoms with Crippen LogP contribution in [0, 0.1) is 19.8 Å². The zero-order chi connectivity index (χ0) is 23.1. The van der Waals surface area contributed by atoms with Gasteiger partial charge in [-0.15, -0.1) is 0 Å². The fraction of sp³-hybridized carbons (Fsp3) is 0.400. The maximum Gasteiger partial charge on any atom is 0.253 e. The zero-order valence-electron chi connectivity index (χ0n) is 18.9. The Balaban J connectivity index is 1.63. The zero-order valence-corrected chi connectivity index (χ0v) is 18.9. The van der Waals surface area contributed by atoms with Crippen molar-refractivity contribution in [2.24, 2.45) is 5.92 Å². The number of nitrogens with one attached hydrogen (secondary N) is 2. The van der Waals surface area contributed by atoms with Crippen LogP contribution in [0.3, 0.4) is 0 Å². The number of amides is 3. The molecule has 1 saturated heterocycles. The fourth-order valence-electron chi connectivity index (χ4n) is 3.67. The molecule has 0 spiro atoms. The molecule has 1 unspecified atom stereocenters. The third-order valence-corrected chi connectivity index (χ3v) is 5.68. The van der Waals surface area contributed by atoms with E-state index in [1.807, 2.05) is 39.0 Å². The SMILES string of the molecule is CCOCCCNC(=O)c1ccccc1NC(=O)C1CC(=O)N(c2ccc(C)c(C)c2)C1. The maximum absolute atomic E-state index is 12.9. The number of anilines is 2. The first-order valence-corrected chi connectivity index (χ1v) is 11.0. The molecule has 7 heteroatoms. The van der Waals surface area contributed by atoms with Crippen molar-refractivity contribution in [3.63, 3.8) is 0 Å². The molecule has 2 aromatic carbocycles. The van der Waals surface area contributed by atoms with Crippen LogP contribution in [0.25, 0.3) is 0 Å². The molecule has 1 aliphatic heterocycles. The first-order valence-electron chi connectivity index (χ1n) is 11.0. The van der Waals surface area contributed by atoms with Gasteiger partial charge in [-0.2, -0.15) is 0 Å². The van der Waals surface area contributed by atoms with Crippen LogP contribution in [-0.2, 0) is 14.3 Å². The van der Waals surface area contributed by atoms with E-state index < -0.39 is 5.92 Å². The third kappa shape index (κ3) is 5.73. The summed E-state index contributed by atoms with van der Waals surface area (Å²) in [4.78, 5) is 39.7. The van der Waals surface area contributed by atoms with E-state index in [1.165, 1.54) is 0 Å². The summed E-state index contributed by atoms with van der Waals surface area (Å²) in [7, 11) is 0. The van der Waals surface area contributed by atoms with E-state index in [-0.39, 0.29) is 24.1 Å². The summed E-state index contributed by atoms with van der Waals surface area (Å²) in [6.07, 6.45) is 0.858. The predicted octanol–water partition coefficient (Wildman–Crippen LogP) is 3.45. The molecule has 0 aromatic heterocycles. The van der Waals surface area contributed by atoms with E-state index in [0.717, 1.165) is 16.8 Å². The molecule has 0 saturated carbocycles. The van der Waals surface area contributed by atoms with Gasteiger partial charge in [-0.05, 0) is 62.6 Å². The van der Waals surface area contributed by atoms with Crippen LogP contribution in [-0.4, -0.2) is 44.0 Å². The van der Waals surface area contributed by atoms with E-state index in [9.17, 15) is 14.4 Å². The average molecular weight is 438 g/mol. The molecular weight excluding hydrogens is 406 g/mol. The first kappa shape index (κ1) is 23.5. The van der Waals surface area contributed by atoms with Gasteiger partial charge in [-0.1, -0.05) is 18.2 Å². The van der Waals surface area contributed by atoms with Crippen molar-refractivity contribution in [3.05, 3.63) is 59.2 Å². The van der Waals surface area contributed by atoms with Crippen molar-refractivity contribution in [3.8, 4) is 0 Å². The van der Waals surface area contributed by atoms with E-state index in [4.69, 9.17) is 4.74 Å². The Morgan fingerprint density at radius 3 is 2.66 bits per heavy atom. The summed E-state index contributed by atoms with van der Waals surface area (Å²) in [5.74, 6) is -1.07. The van der Waals surface area contributed by atoms with Crippen LogP contribution in [0.1, 0.15) is 41.3 Å². The van der Waals surface area contributed by atoms with Gasteiger partial charge in [-0.25, -0.2) is 0 Å². The smallest absolute Gasteiger partial charge is 0.253 e. The van der Waals surface area contributed by atoms with E-state index >= 15 is 0 Å². The van der Waals surface area contributed by atoms with Crippen LogP contribution in [0.5, 0.6) is 0 Å². The van der Waals surface area contributed by atoms with Gasteiger partial charge < -0.3 is 20.3 Å². The Morgan fingerprint density at radius 1 is 1.12 bits per heavy atom. The van der Waals surface area contributed by atoms with Crippen LogP contribution < -0.4 is 15.5 Å². The van der Waals surface area contributed by atoms with E-state index in [1.54, 1.807) is 29.2 Å². The molecule has 170 valence electrons. The molecule has 1 heterocycles. The van der Waals surface area contributed by atoms with Crippen molar-refractivity contribution in [2.45, 2.75) is 33.6 Å². The molecule has 1 aliphatic rings. The van der Waals surface area contributed by atoms with Gasteiger partial charge in [0.2, 0.25) is 11.8 Å². The van der Waals surface area contributed by atoms with Gasteiger partial charge in [0.25, 0.3) is 5.91 Å². The molecule has 2 aromatic rings. The molecular formula is C25H31N3O4. The highest BCUT2D eigenvalue weighted by molar-refractivity contribution is 6.07. The number of rotatable bonds is 9. The number of ether oxygens (including phenoxy) is 1. The van der Waals surface area contributed by atoms with Crippen LogP contribution in [0.2, 0.25) is 0 Å². The first-order chi connectivity index (χ1) is 15.4. The van der Waals surface area contributed by atoms with Gasteiger partial charge in [0.05, 0.1) is 17.2 Å². The summed E-state index contributed by atoms with van der Waals surface area (Å²) in [5.41, 5.74) is 3.90. The van der Waals surface area contributed by atoms with Gasteiger partial charge in [0.15, 0.2) is 0 Å². The van der Waals surface area contributed by atoms with Gasteiger partial charge in [0.1, 0.15) is 0 Å². The second-order valence-electron chi connectivity index (χ2n) is 8.02. The molecule has 2 N–H and O–H groups in total. The number of hydrogen-bond donors (Lipinski definition) is 2. The molecule has 3 rings (SSSR count). The average Bonchev–Trinajstić information content (AvgIpc) is 3.17. The van der Waals surface area contributed by atoms with Crippen LogP contribution in [0.4, 0.5) is 11.4 Å². The molecule has 0 bridgehead atoms. The van der Waals surface area contributed by atoms with E-state index in [2.05, 4.69) is 10.6 Å². The summed E-state index contributed by atoms with van der Waals surface area (Å²) in [6, 6.07) is 12.8. The van der Waals surface area contributed by atoms with Gasteiger partial charge >= 0.3 is 0 Å². The van der Waals surface area contributed by atoms with Crippen LogP contribution >= 0.6 is 0 Å². The maximum atomic E-state index is 12.9. The van der Waals surface area contributed by atoms with Crippen LogP contribution in [0.15, 0.2) is 42.5 Å². The highest BCUT2D eigenvalue weighted by Crippen LogP contribution is 2.28. The number of carbonyl (C=O) groups excluding carboxylic acids is 3. The lowest BCUT2D eigenvalue weighted by molar-refractivity contribution is -0.122. The number of benzene rings is 2. The summed E-state index contributed by atoms with van der Waals surface area (Å²) in [6.45, 7) is 7.99. The minimum atomic E-state index is -0.480. The monoisotopic (exact) mass is 437 g/mol. The standard InChI is InChI=1S/C25H31N3O4/c1-4-32-13-7-12-26-25(31)21-8-5-6-9-22(21)27-24(30)19-15-23(29)28(16-19)20-11-10-17(2)18(3)14-20/h5-6,8-11,14,19H,4,7,12-13,15-16H2,1-3H3,(H,26,31)(H,27,30). The Labute approximate surface area is 189 Å². The van der Waals surface area contributed by atoms with Gasteiger partial charge in [-0.3, -0.25) is 14.4 Å². The predicted molar refractivity (Wildman–Crippen MR) is 125 cm³/mol. The highest BCUT2D eigenvalue weighted by atomic mass is 16.5. The normalized spacial score (nSPS) is 15.7. The lowest BCUT2D eigenvalue weighted by atomic mass is 10.1. The minimum absolute atomic E-state index is 0.0753. The number of carbonyl (C=O) groups is 3. The largest absolute Gasteiger partial charge is 0.382 e. The second-order valence-corrected chi connectivity index (χ2v) is 8.02. The summed E-state index contributed by atoms with van der Waals surface area (Å²) >= 11 is 0. The molecule has 1 fully saturated rings. The van der Waals surface area contributed by atoms with Crippen molar-refractivity contribution >= 4 is 29.1 Å². The number of hydrogen-bond acceptors (Lipinski definition) is 4. The van der Waals surface area contributed by atoms with Gasteiger partial charge in [0, 0.05) is 38.4 Å².